The van der Waals surface area contributed by atoms with Crippen LogP contribution in [0.2, 0.25) is 0 Å². The first-order valence-corrected chi connectivity index (χ1v) is 6.81. The molecule has 0 spiro atoms. The number of hydrogen-bond acceptors (Lipinski definition) is 3. The van der Waals surface area contributed by atoms with Gasteiger partial charge in [0.2, 0.25) is 11.8 Å². The van der Waals surface area contributed by atoms with Crippen molar-refractivity contribution in [3.05, 3.63) is 0 Å². The minimum atomic E-state index is 0.0421. The van der Waals surface area contributed by atoms with E-state index in [4.69, 9.17) is 0 Å². The number of carbonyl (C=O) groups is 2. The minimum Gasteiger partial charge on any atom is -0.299 e. The van der Waals surface area contributed by atoms with Crippen molar-refractivity contribution in [3.8, 4) is 0 Å². The summed E-state index contributed by atoms with van der Waals surface area (Å²) >= 11 is 0. The van der Waals surface area contributed by atoms with Crippen molar-refractivity contribution >= 4 is 11.8 Å². The topological polar surface area (TPSA) is 40.6 Å². The molecule has 0 N–H and O–H groups in total. The maximum absolute atomic E-state index is 11.6. The molecule has 0 bridgehead atoms. The molecule has 4 nitrogen and oxygen atoms in total. The summed E-state index contributed by atoms with van der Waals surface area (Å²) in [5.41, 5.74) is 0. The van der Waals surface area contributed by atoms with Crippen LogP contribution in [0, 0.1) is 5.92 Å². The van der Waals surface area contributed by atoms with Crippen LogP contribution in [0.4, 0.5) is 0 Å². The molecule has 2 saturated heterocycles. The molecule has 0 aromatic carbocycles. The summed E-state index contributed by atoms with van der Waals surface area (Å²) < 4.78 is 0. The molecule has 0 atom stereocenters. The van der Waals surface area contributed by atoms with Gasteiger partial charge in [-0.2, -0.15) is 0 Å². The Hall–Kier alpha value is -0.900. The van der Waals surface area contributed by atoms with Crippen molar-refractivity contribution in [1.82, 2.24) is 9.80 Å². The molecule has 0 aromatic heterocycles. The lowest BCUT2D eigenvalue weighted by Gasteiger charge is -2.44. The van der Waals surface area contributed by atoms with Crippen LogP contribution in [0.25, 0.3) is 0 Å². The molecule has 2 heterocycles. The minimum absolute atomic E-state index is 0.0421. The van der Waals surface area contributed by atoms with Crippen LogP contribution in [-0.2, 0) is 9.59 Å². The van der Waals surface area contributed by atoms with Gasteiger partial charge in [-0.3, -0.25) is 19.4 Å². The number of likely N-dealkylation sites (tertiary alicyclic amines) is 2. The lowest BCUT2D eigenvalue weighted by atomic mass is 10.0. The first kappa shape index (κ1) is 11.2. The van der Waals surface area contributed by atoms with Crippen molar-refractivity contribution < 1.29 is 9.59 Å². The van der Waals surface area contributed by atoms with Crippen LogP contribution < -0.4 is 0 Å². The fourth-order valence-electron chi connectivity index (χ4n) is 3.41. The third kappa shape index (κ3) is 2.10. The zero-order valence-corrected chi connectivity index (χ0v) is 10.2. The maximum Gasteiger partial charge on any atom is 0.230 e. The largest absolute Gasteiger partial charge is 0.299 e. The van der Waals surface area contributed by atoms with Gasteiger partial charge in [-0.05, 0) is 18.8 Å². The highest BCUT2D eigenvalue weighted by Gasteiger charge is 2.41. The van der Waals surface area contributed by atoms with E-state index in [2.05, 4.69) is 4.90 Å². The number of amides is 2. The Labute approximate surface area is 102 Å². The van der Waals surface area contributed by atoms with Crippen LogP contribution in [-0.4, -0.2) is 47.3 Å². The third-order valence-electron chi connectivity index (χ3n) is 4.38. The summed E-state index contributed by atoms with van der Waals surface area (Å²) in [4.78, 5) is 27.0. The van der Waals surface area contributed by atoms with Crippen molar-refractivity contribution in [2.75, 3.05) is 19.6 Å². The molecular weight excluding hydrogens is 216 g/mol. The molecule has 0 radical (unpaired) electrons. The van der Waals surface area contributed by atoms with E-state index in [1.807, 2.05) is 0 Å². The highest BCUT2D eigenvalue weighted by molar-refractivity contribution is 6.02. The monoisotopic (exact) mass is 236 g/mol. The fraction of sp³-hybridized carbons (Fsp3) is 0.846. The van der Waals surface area contributed by atoms with E-state index in [1.165, 1.54) is 37.1 Å². The van der Waals surface area contributed by atoms with Crippen molar-refractivity contribution in [2.45, 2.75) is 44.6 Å². The van der Waals surface area contributed by atoms with Gasteiger partial charge in [-0.1, -0.05) is 12.8 Å². The predicted octanol–water partition coefficient (Wildman–Crippen LogP) is 1.01. The highest BCUT2D eigenvalue weighted by atomic mass is 16.2. The van der Waals surface area contributed by atoms with Gasteiger partial charge in [-0.15, -0.1) is 0 Å². The third-order valence-corrected chi connectivity index (χ3v) is 4.38. The van der Waals surface area contributed by atoms with Crippen LogP contribution in [0.15, 0.2) is 0 Å². The lowest BCUT2D eigenvalue weighted by Crippen LogP contribution is -2.61. The summed E-state index contributed by atoms with van der Waals surface area (Å²) in [6.07, 6.45) is 6.34. The first-order valence-electron chi connectivity index (χ1n) is 6.81. The molecule has 94 valence electrons. The van der Waals surface area contributed by atoms with E-state index < -0.39 is 0 Å². The molecule has 1 aliphatic carbocycles. The molecule has 1 saturated carbocycles. The van der Waals surface area contributed by atoms with Gasteiger partial charge in [0.05, 0.1) is 6.04 Å². The fourth-order valence-corrected chi connectivity index (χ4v) is 3.41. The number of rotatable bonds is 3. The van der Waals surface area contributed by atoms with Crippen LogP contribution in [0.5, 0.6) is 0 Å². The molecule has 4 heteroatoms. The SMILES string of the molecule is O=C1CCC(=O)N1C1CN(CC2CCCC2)C1. The Morgan fingerprint density at radius 1 is 1.00 bits per heavy atom. The molecule has 0 unspecified atom stereocenters. The molecule has 3 fully saturated rings. The first-order chi connectivity index (χ1) is 8.24. The van der Waals surface area contributed by atoms with Gasteiger partial charge in [0.25, 0.3) is 0 Å². The second-order valence-electron chi connectivity index (χ2n) is 5.68. The smallest absolute Gasteiger partial charge is 0.230 e. The van der Waals surface area contributed by atoms with E-state index in [-0.39, 0.29) is 17.9 Å². The summed E-state index contributed by atoms with van der Waals surface area (Å²) in [7, 11) is 0. The average Bonchev–Trinajstić information content (AvgIpc) is 2.84. The standard InChI is InChI=1S/C13H20N2O2/c16-12-5-6-13(17)15(12)11-8-14(9-11)7-10-3-1-2-4-10/h10-11H,1-9H2. The average molecular weight is 236 g/mol. The Bertz CT molecular complexity index is 314. The molecule has 2 amide bonds. The normalized spacial score (nSPS) is 28.1. The van der Waals surface area contributed by atoms with E-state index in [0.29, 0.717) is 12.8 Å². The van der Waals surface area contributed by atoms with Gasteiger partial charge in [0.1, 0.15) is 0 Å². The summed E-state index contributed by atoms with van der Waals surface area (Å²) in [5.74, 6) is 0.946. The van der Waals surface area contributed by atoms with Crippen molar-refractivity contribution in [3.63, 3.8) is 0 Å². The predicted molar refractivity (Wildman–Crippen MR) is 63.3 cm³/mol. The zero-order valence-electron chi connectivity index (χ0n) is 10.2. The van der Waals surface area contributed by atoms with E-state index in [1.54, 1.807) is 0 Å². The van der Waals surface area contributed by atoms with Crippen molar-refractivity contribution in [2.24, 2.45) is 5.92 Å². The number of imide groups is 1. The molecular formula is C13H20N2O2. The molecule has 2 aliphatic heterocycles. The van der Waals surface area contributed by atoms with Crippen LogP contribution in [0.3, 0.4) is 0 Å². The summed E-state index contributed by atoms with van der Waals surface area (Å²) in [6, 6.07) is 0.180. The molecule has 0 aromatic rings. The van der Waals surface area contributed by atoms with Gasteiger partial charge >= 0.3 is 0 Å². The Morgan fingerprint density at radius 2 is 1.59 bits per heavy atom. The number of carbonyl (C=O) groups excluding carboxylic acids is 2. The quantitative estimate of drug-likeness (QED) is 0.687. The summed E-state index contributed by atoms with van der Waals surface area (Å²) in [6.45, 7) is 2.99. The number of hydrogen-bond donors (Lipinski definition) is 0. The van der Waals surface area contributed by atoms with Gasteiger partial charge < -0.3 is 0 Å². The van der Waals surface area contributed by atoms with E-state index in [9.17, 15) is 9.59 Å². The Morgan fingerprint density at radius 3 is 2.18 bits per heavy atom. The highest BCUT2D eigenvalue weighted by Crippen LogP contribution is 2.28. The zero-order chi connectivity index (χ0) is 11.8. The van der Waals surface area contributed by atoms with Gasteiger partial charge in [0.15, 0.2) is 0 Å². The molecule has 17 heavy (non-hydrogen) atoms. The van der Waals surface area contributed by atoms with Gasteiger partial charge in [0, 0.05) is 32.5 Å². The van der Waals surface area contributed by atoms with Crippen molar-refractivity contribution in [1.29, 1.82) is 0 Å². The lowest BCUT2D eigenvalue weighted by molar-refractivity contribution is -0.145. The van der Waals surface area contributed by atoms with E-state index in [0.717, 1.165) is 19.0 Å². The summed E-state index contributed by atoms with van der Waals surface area (Å²) in [5, 5.41) is 0. The maximum atomic E-state index is 11.6. The Kier molecular flexibility index (Phi) is 2.90. The Balaban J connectivity index is 1.47. The van der Waals surface area contributed by atoms with Crippen LogP contribution in [0.1, 0.15) is 38.5 Å². The van der Waals surface area contributed by atoms with Crippen LogP contribution >= 0.6 is 0 Å². The number of nitrogens with zero attached hydrogens (tertiary/aromatic N) is 2. The van der Waals surface area contributed by atoms with E-state index >= 15 is 0 Å². The van der Waals surface area contributed by atoms with Gasteiger partial charge in [-0.25, -0.2) is 0 Å². The second kappa shape index (κ2) is 4.41. The molecule has 3 aliphatic rings. The molecule has 3 rings (SSSR count). The second-order valence-corrected chi connectivity index (χ2v) is 5.68.